The van der Waals surface area contributed by atoms with Gasteiger partial charge in [0, 0.05) is 5.56 Å². The summed E-state index contributed by atoms with van der Waals surface area (Å²) in [6.07, 6.45) is -2.16. The molecule has 0 aliphatic carbocycles. The van der Waals surface area contributed by atoms with E-state index in [2.05, 4.69) is 0 Å². The summed E-state index contributed by atoms with van der Waals surface area (Å²) in [5.41, 5.74) is 6.75. The molecule has 57 valence electrons. The van der Waals surface area contributed by atoms with Crippen LogP contribution in [0, 0.1) is 0 Å². The minimum atomic E-state index is -2.16. The van der Waals surface area contributed by atoms with E-state index in [0.29, 0.717) is 0 Å². The second-order valence-electron chi connectivity index (χ2n) is 2.09. The smallest absolute Gasteiger partial charge is 0.226 e. The molecule has 1 rings (SSSR count). The molecule has 1 atom stereocenters. The van der Waals surface area contributed by atoms with Crippen LogP contribution in [0.4, 0.5) is 4.39 Å². The molecule has 0 fully saturated rings. The van der Waals surface area contributed by atoms with Crippen molar-refractivity contribution in [2.75, 3.05) is 0 Å². The molecule has 0 heterocycles. The summed E-state index contributed by atoms with van der Waals surface area (Å²) in [6, 6.07) is 7.98. The van der Waals surface area contributed by atoms with Crippen LogP contribution in [-0.4, -0.2) is 12.1 Å². The van der Waals surface area contributed by atoms with Crippen molar-refractivity contribution in [2.24, 2.45) is 0 Å². The maximum atomic E-state index is 12.1. The van der Waals surface area contributed by atoms with Crippen molar-refractivity contribution in [3.63, 3.8) is 0 Å². The van der Waals surface area contributed by atoms with Crippen molar-refractivity contribution < 1.29 is 9.18 Å². The molecule has 0 bridgehead atoms. The third-order valence-corrected chi connectivity index (χ3v) is 1.29. The summed E-state index contributed by atoms with van der Waals surface area (Å²) < 4.78 is 12.1. The number of nitrogens with one attached hydrogen (secondary N) is 1. The van der Waals surface area contributed by atoms with Crippen LogP contribution in [0.2, 0.25) is 0 Å². The van der Waals surface area contributed by atoms with Crippen molar-refractivity contribution in [3.8, 4) is 0 Å². The summed E-state index contributed by atoms with van der Waals surface area (Å²) in [4.78, 5) is 10.8. The molecule has 0 aliphatic heterocycles. The van der Waals surface area contributed by atoms with Crippen LogP contribution in [0.3, 0.4) is 0 Å². The zero-order valence-corrected chi connectivity index (χ0v) is 5.75. The predicted molar refractivity (Wildman–Crippen MR) is 38.8 cm³/mol. The highest BCUT2D eigenvalue weighted by molar-refractivity contribution is 5.98. The third-order valence-electron chi connectivity index (χ3n) is 1.29. The number of hydrogen-bond acceptors (Lipinski definition) is 1. The molecular formula is C8H7FNO. The molecule has 0 saturated heterocycles. The highest BCUT2D eigenvalue weighted by Crippen LogP contribution is 2.02. The number of alkyl halides is 1. The molecule has 11 heavy (non-hydrogen) atoms. The Labute approximate surface area is 63.8 Å². The number of carbonyl (C=O) groups is 1. The van der Waals surface area contributed by atoms with E-state index in [9.17, 15) is 9.18 Å². The largest absolute Gasteiger partial charge is 0.289 e. The predicted octanol–water partition coefficient (Wildman–Crippen LogP) is 1.45. The molecule has 0 aliphatic rings. The number of carbonyl (C=O) groups excluding carboxylic acids is 1. The molecule has 1 unspecified atom stereocenters. The normalized spacial score (nSPS) is 12.5. The van der Waals surface area contributed by atoms with Crippen LogP contribution < -0.4 is 5.73 Å². The summed E-state index contributed by atoms with van der Waals surface area (Å²) in [7, 11) is 0. The van der Waals surface area contributed by atoms with E-state index in [1.165, 1.54) is 12.1 Å². The summed E-state index contributed by atoms with van der Waals surface area (Å²) >= 11 is 0. The first-order valence-corrected chi connectivity index (χ1v) is 3.16. The van der Waals surface area contributed by atoms with Gasteiger partial charge in [-0.2, -0.15) is 0 Å². The molecule has 1 N–H and O–H groups in total. The summed E-state index contributed by atoms with van der Waals surface area (Å²) in [5.74, 6) is -0.786. The summed E-state index contributed by atoms with van der Waals surface area (Å²) in [5, 5.41) is 0. The zero-order valence-electron chi connectivity index (χ0n) is 5.75. The van der Waals surface area contributed by atoms with Gasteiger partial charge in [-0.1, -0.05) is 30.3 Å². The van der Waals surface area contributed by atoms with Gasteiger partial charge in [0.2, 0.25) is 12.1 Å². The van der Waals surface area contributed by atoms with Gasteiger partial charge in [-0.25, -0.2) is 10.1 Å². The lowest BCUT2D eigenvalue weighted by molar-refractivity contribution is 0.0876. The van der Waals surface area contributed by atoms with E-state index in [0.717, 1.165) is 0 Å². The second kappa shape index (κ2) is 3.25. The molecule has 2 nitrogen and oxygen atoms in total. The Hall–Kier alpha value is -1.22. The molecule has 0 amide bonds. The van der Waals surface area contributed by atoms with Crippen LogP contribution in [0.25, 0.3) is 0 Å². The van der Waals surface area contributed by atoms with E-state index in [4.69, 9.17) is 5.73 Å². The van der Waals surface area contributed by atoms with Gasteiger partial charge in [-0.15, -0.1) is 0 Å². The highest BCUT2D eigenvalue weighted by atomic mass is 19.1. The van der Waals surface area contributed by atoms with Gasteiger partial charge in [-0.05, 0) is 0 Å². The van der Waals surface area contributed by atoms with Gasteiger partial charge in [0.25, 0.3) is 0 Å². The van der Waals surface area contributed by atoms with Crippen molar-refractivity contribution in [2.45, 2.75) is 6.30 Å². The van der Waals surface area contributed by atoms with Crippen molar-refractivity contribution in [3.05, 3.63) is 35.9 Å². The number of Topliss-reactive ketones (excluding diaryl/α,β-unsaturated/α-hetero) is 1. The monoisotopic (exact) mass is 152 g/mol. The molecular weight excluding hydrogens is 145 g/mol. The fourth-order valence-corrected chi connectivity index (χ4v) is 0.749. The number of halogens is 1. The minimum Gasteiger partial charge on any atom is -0.289 e. The van der Waals surface area contributed by atoms with Crippen LogP contribution in [-0.2, 0) is 0 Å². The average molecular weight is 152 g/mol. The van der Waals surface area contributed by atoms with Gasteiger partial charge in [0.15, 0.2) is 0 Å². The van der Waals surface area contributed by atoms with E-state index >= 15 is 0 Å². The molecule has 1 aromatic carbocycles. The van der Waals surface area contributed by atoms with E-state index in [-0.39, 0.29) is 5.56 Å². The molecule has 3 heteroatoms. The summed E-state index contributed by atoms with van der Waals surface area (Å²) in [6.45, 7) is 0. The molecule has 1 aromatic rings. The fourth-order valence-electron chi connectivity index (χ4n) is 0.749. The Morgan fingerprint density at radius 3 is 2.36 bits per heavy atom. The lowest BCUT2D eigenvalue weighted by Gasteiger charge is -1.98. The van der Waals surface area contributed by atoms with Gasteiger partial charge >= 0.3 is 0 Å². The Kier molecular flexibility index (Phi) is 2.33. The standard InChI is InChI=1S/C8H7FNO/c9-8(10)7(11)6-4-2-1-3-5-6/h1-5,8,10H. The first-order chi connectivity index (χ1) is 5.22. The van der Waals surface area contributed by atoms with Crippen molar-refractivity contribution >= 4 is 5.78 Å². The number of benzene rings is 1. The Balaban J connectivity index is 2.86. The van der Waals surface area contributed by atoms with Crippen LogP contribution >= 0.6 is 0 Å². The molecule has 0 spiro atoms. The van der Waals surface area contributed by atoms with Gasteiger partial charge in [0.05, 0.1) is 0 Å². The maximum Gasteiger partial charge on any atom is 0.226 e. The molecule has 0 aromatic heterocycles. The average Bonchev–Trinajstić information content (AvgIpc) is 2.05. The van der Waals surface area contributed by atoms with Crippen molar-refractivity contribution in [1.82, 2.24) is 5.73 Å². The first-order valence-electron chi connectivity index (χ1n) is 3.16. The Morgan fingerprint density at radius 1 is 1.36 bits per heavy atom. The lowest BCUT2D eigenvalue weighted by Crippen LogP contribution is -2.16. The number of rotatable bonds is 2. The van der Waals surface area contributed by atoms with E-state index in [1.54, 1.807) is 18.2 Å². The lowest BCUT2D eigenvalue weighted by atomic mass is 10.1. The van der Waals surface area contributed by atoms with Gasteiger partial charge in [-0.3, -0.25) is 4.79 Å². The second-order valence-corrected chi connectivity index (χ2v) is 2.09. The maximum absolute atomic E-state index is 12.1. The topological polar surface area (TPSA) is 40.9 Å². The van der Waals surface area contributed by atoms with Crippen LogP contribution in [0.5, 0.6) is 0 Å². The highest BCUT2D eigenvalue weighted by Gasteiger charge is 2.13. The number of ketones is 1. The SMILES string of the molecule is [NH]C(F)C(=O)c1ccccc1. The fraction of sp³-hybridized carbons (Fsp3) is 0.125. The van der Waals surface area contributed by atoms with Gasteiger partial charge in [0.1, 0.15) is 0 Å². The van der Waals surface area contributed by atoms with E-state index in [1.807, 2.05) is 0 Å². The molecule has 1 radical (unpaired) electrons. The van der Waals surface area contributed by atoms with Crippen LogP contribution in [0.1, 0.15) is 10.4 Å². The Morgan fingerprint density at radius 2 is 1.91 bits per heavy atom. The Bertz CT molecular complexity index is 246. The van der Waals surface area contributed by atoms with Crippen LogP contribution in [0.15, 0.2) is 30.3 Å². The van der Waals surface area contributed by atoms with E-state index < -0.39 is 12.1 Å². The third kappa shape index (κ3) is 1.85. The van der Waals surface area contributed by atoms with Crippen molar-refractivity contribution in [1.29, 1.82) is 0 Å². The number of hydrogen-bond donors (Lipinski definition) is 0. The quantitative estimate of drug-likeness (QED) is 0.467. The van der Waals surface area contributed by atoms with Gasteiger partial charge < -0.3 is 0 Å². The first kappa shape index (κ1) is 7.88. The minimum absolute atomic E-state index is 0.245. The zero-order chi connectivity index (χ0) is 8.27. The molecule has 0 saturated carbocycles.